The second-order valence-electron chi connectivity index (χ2n) is 7.51. The number of rotatable bonds is 8. The Balaban J connectivity index is 1.58. The topological polar surface area (TPSA) is 122 Å². The second kappa shape index (κ2) is 9.84. The quantitative estimate of drug-likeness (QED) is 0.334. The number of phenolic OH excluding ortho intramolecular Hbond substituents is 1. The number of ether oxygens (including phenoxy) is 3. The minimum atomic E-state index is -0.983. The summed E-state index contributed by atoms with van der Waals surface area (Å²) in [5.41, 5.74) is 3.66. The SMILES string of the molecule is COc1ccc(-c2c(C)noc2-c2ccc(OCc3ccc([NH+]([O-])O)cc3)cc2O)cc1OC. The maximum atomic E-state index is 11.0. The zero-order valence-corrected chi connectivity index (χ0v) is 18.9. The smallest absolute Gasteiger partial charge is 0.178 e. The van der Waals surface area contributed by atoms with Crippen molar-refractivity contribution in [3.05, 3.63) is 77.1 Å². The van der Waals surface area contributed by atoms with Crippen LogP contribution in [-0.2, 0) is 6.61 Å². The molecule has 0 saturated heterocycles. The van der Waals surface area contributed by atoms with E-state index >= 15 is 0 Å². The van der Waals surface area contributed by atoms with Crippen LogP contribution in [0.4, 0.5) is 5.69 Å². The van der Waals surface area contributed by atoms with Crippen LogP contribution in [0.15, 0.2) is 65.2 Å². The van der Waals surface area contributed by atoms with Crippen LogP contribution in [0.1, 0.15) is 11.3 Å². The Labute approximate surface area is 195 Å². The standard InChI is InChI=1S/C25H24N2O7/c1-15-24(17-6-11-22(31-2)23(12-17)32-3)25(34-26-15)20-10-9-19(13-21(20)28)33-14-16-4-7-18(8-5-16)27(29)30/h4-13,27-29H,14H2,1-3H3. The van der Waals surface area contributed by atoms with Gasteiger partial charge in [0.2, 0.25) is 0 Å². The van der Waals surface area contributed by atoms with E-state index in [2.05, 4.69) is 5.16 Å². The van der Waals surface area contributed by atoms with Crippen LogP contribution in [0.3, 0.4) is 0 Å². The molecule has 0 aliphatic rings. The number of aromatic hydroxyl groups is 1. The average molecular weight is 464 g/mol. The molecule has 0 bridgehead atoms. The van der Waals surface area contributed by atoms with E-state index in [1.807, 2.05) is 19.1 Å². The lowest BCUT2D eigenvalue weighted by Gasteiger charge is -2.12. The average Bonchev–Trinajstić information content (AvgIpc) is 3.23. The van der Waals surface area contributed by atoms with Crippen LogP contribution in [0.5, 0.6) is 23.0 Å². The van der Waals surface area contributed by atoms with E-state index < -0.39 is 5.23 Å². The first-order valence-electron chi connectivity index (χ1n) is 10.4. The van der Waals surface area contributed by atoms with Crippen LogP contribution in [0, 0.1) is 12.1 Å². The van der Waals surface area contributed by atoms with Crippen LogP contribution >= 0.6 is 0 Å². The van der Waals surface area contributed by atoms with E-state index in [4.69, 9.17) is 23.9 Å². The van der Waals surface area contributed by atoms with Gasteiger partial charge in [-0.15, -0.1) is 0 Å². The highest BCUT2D eigenvalue weighted by atomic mass is 16.8. The van der Waals surface area contributed by atoms with Crippen LogP contribution < -0.4 is 19.4 Å². The summed E-state index contributed by atoms with van der Waals surface area (Å²) >= 11 is 0. The van der Waals surface area contributed by atoms with Crippen molar-refractivity contribution in [3.8, 4) is 45.4 Å². The summed E-state index contributed by atoms with van der Waals surface area (Å²) in [7, 11) is 3.13. The van der Waals surface area contributed by atoms with Gasteiger partial charge in [0.15, 0.2) is 22.9 Å². The van der Waals surface area contributed by atoms with E-state index in [9.17, 15) is 10.3 Å². The number of phenols is 1. The number of aromatic nitrogens is 1. The minimum absolute atomic E-state index is 0.0309. The Morgan fingerprint density at radius 2 is 1.71 bits per heavy atom. The predicted molar refractivity (Wildman–Crippen MR) is 123 cm³/mol. The van der Waals surface area contributed by atoms with Crippen molar-refractivity contribution in [2.24, 2.45) is 0 Å². The molecule has 1 aromatic heterocycles. The van der Waals surface area contributed by atoms with E-state index in [1.165, 1.54) is 18.2 Å². The monoisotopic (exact) mass is 464 g/mol. The molecule has 1 unspecified atom stereocenters. The Bertz CT molecular complexity index is 1280. The highest BCUT2D eigenvalue weighted by molar-refractivity contribution is 5.84. The molecule has 1 atom stereocenters. The first-order chi connectivity index (χ1) is 16.4. The molecule has 0 aliphatic carbocycles. The molecule has 9 nitrogen and oxygen atoms in total. The third kappa shape index (κ3) is 4.67. The lowest BCUT2D eigenvalue weighted by atomic mass is 9.99. The molecule has 0 aliphatic heterocycles. The third-order valence-electron chi connectivity index (χ3n) is 5.36. The summed E-state index contributed by atoms with van der Waals surface area (Å²) in [5.74, 6) is 2.00. The molecule has 0 radical (unpaired) electrons. The number of methoxy groups -OCH3 is 2. The highest BCUT2D eigenvalue weighted by Crippen LogP contribution is 2.42. The van der Waals surface area contributed by atoms with Crippen molar-refractivity contribution in [2.75, 3.05) is 14.2 Å². The molecule has 0 spiro atoms. The number of benzene rings is 3. The van der Waals surface area contributed by atoms with Gasteiger partial charge in [-0.25, -0.2) is 5.21 Å². The number of nitrogens with one attached hydrogen (secondary N) is 1. The number of quaternary nitrogens is 1. The zero-order chi connectivity index (χ0) is 24.2. The van der Waals surface area contributed by atoms with Gasteiger partial charge in [0.05, 0.1) is 31.0 Å². The molecule has 3 N–H and O–H groups in total. The fourth-order valence-electron chi connectivity index (χ4n) is 3.59. The maximum Gasteiger partial charge on any atom is 0.178 e. The van der Waals surface area contributed by atoms with Crippen molar-refractivity contribution in [1.82, 2.24) is 5.16 Å². The molecule has 3 aromatic carbocycles. The summed E-state index contributed by atoms with van der Waals surface area (Å²) < 4.78 is 22.1. The Kier molecular flexibility index (Phi) is 6.69. The van der Waals surface area contributed by atoms with Gasteiger partial charge < -0.3 is 29.0 Å². The summed E-state index contributed by atoms with van der Waals surface area (Å²) in [6.07, 6.45) is 0. The molecule has 1 heterocycles. The number of hydrogen-bond acceptors (Lipinski definition) is 8. The largest absolute Gasteiger partial charge is 0.595 e. The van der Waals surface area contributed by atoms with Crippen molar-refractivity contribution < 1.29 is 34.3 Å². The fraction of sp³-hybridized carbons (Fsp3) is 0.160. The van der Waals surface area contributed by atoms with Gasteiger partial charge in [-0.05, 0) is 54.4 Å². The zero-order valence-electron chi connectivity index (χ0n) is 18.9. The van der Waals surface area contributed by atoms with Gasteiger partial charge >= 0.3 is 0 Å². The van der Waals surface area contributed by atoms with Crippen molar-refractivity contribution >= 4 is 5.69 Å². The molecule has 9 heteroatoms. The molecule has 0 fully saturated rings. The van der Waals surface area contributed by atoms with Crippen LogP contribution in [-0.4, -0.2) is 29.7 Å². The van der Waals surface area contributed by atoms with E-state index in [-0.39, 0.29) is 18.0 Å². The molecule has 176 valence electrons. The Morgan fingerprint density at radius 1 is 0.971 bits per heavy atom. The normalized spacial score (nSPS) is 11.8. The van der Waals surface area contributed by atoms with Crippen LogP contribution in [0.25, 0.3) is 22.5 Å². The Hall–Kier alpha value is -4.05. The molecule has 34 heavy (non-hydrogen) atoms. The predicted octanol–water partition coefficient (Wildman–Crippen LogP) is 4.02. The summed E-state index contributed by atoms with van der Waals surface area (Å²) in [6, 6.07) is 16.8. The highest BCUT2D eigenvalue weighted by Gasteiger charge is 2.21. The molecular weight excluding hydrogens is 440 g/mol. The second-order valence-corrected chi connectivity index (χ2v) is 7.51. The molecule has 0 saturated carbocycles. The van der Waals surface area contributed by atoms with E-state index in [0.29, 0.717) is 34.3 Å². The lowest BCUT2D eigenvalue weighted by molar-refractivity contribution is -0.991. The van der Waals surface area contributed by atoms with Gasteiger partial charge in [0.25, 0.3) is 0 Å². The molecular formula is C25H24N2O7. The van der Waals surface area contributed by atoms with Gasteiger partial charge in [-0.3, -0.25) is 0 Å². The fourth-order valence-corrected chi connectivity index (χ4v) is 3.59. The summed E-state index contributed by atoms with van der Waals surface area (Å²) in [5, 5.41) is 33.8. The third-order valence-corrected chi connectivity index (χ3v) is 5.36. The number of hydrogen-bond donors (Lipinski definition) is 3. The van der Waals surface area contributed by atoms with Crippen molar-refractivity contribution in [3.63, 3.8) is 0 Å². The van der Waals surface area contributed by atoms with Crippen molar-refractivity contribution in [2.45, 2.75) is 13.5 Å². The number of aryl methyl sites for hydroxylation is 1. The molecule has 4 aromatic rings. The molecule has 4 rings (SSSR count). The maximum absolute atomic E-state index is 11.0. The van der Waals surface area contributed by atoms with Gasteiger partial charge in [-0.2, -0.15) is 5.23 Å². The molecule has 0 amide bonds. The Morgan fingerprint density at radius 3 is 2.35 bits per heavy atom. The van der Waals surface area contributed by atoms with Gasteiger partial charge in [-0.1, -0.05) is 11.2 Å². The summed E-state index contributed by atoms with van der Waals surface area (Å²) in [4.78, 5) is 0. The first kappa shape index (κ1) is 23.1. The van der Waals surface area contributed by atoms with Crippen LogP contribution in [0.2, 0.25) is 0 Å². The lowest BCUT2D eigenvalue weighted by Crippen LogP contribution is -2.99. The number of nitrogens with zero attached hydrogens (tertiary/aromatic N) is 1. The van der Waals surface area contributed by atoms with Gasteiger partial charge in [0.1, 0.15) is 18.1 Å². The van der Waals surface area contributed by atoms with Gasteiger partial charge in [0, 0.05) is 18.2 Å². The summed E-state index contributed by atoms with van der Waals surface area (Å²) in [6.45, 7) is 2.04. The van der Waals surface area contributed by atoms with Crippen molar-refractivity contribution in [1.29, 1.82) is 0 Å². The van der Waals surface area contributed by atoms with E-state index in [0.717, 1.165) is 16.7 Å². The minimum Gasteiger partial charge on any atom is -0.595 e. The van der Waals surface area contributed by atoms with E-state index in [1.54, 1.807) is 44.6 Å². The first-order valence-corrected chi connectivity index (χ1v) is 10.4.